The van der Waals surface area contributed by atoms with E-state index in [1.54, 1.807) is 0 Å². The molecule has 0 unspecified atom stereocenters. The van der Waals surface area contributed by atoms with Gasteiger partial charge >= 0.3 is 0 Å². The van der Waals surface area contributed by atoms with Crippen LogP contribution in [-0.4, -0.2) is 37.2 Å². The molecule has 20 heavy (non-hydrogen) atoms. The van der Waals surface area contributed by atoms with Crippen LogP contribution in [0.5, 0.6) is 5.75 Å². The summed E-state index contributed by atoms with van der Waals surface area (Å²) in [5.41, 5.74) is 1.13. The Labute approximate surface area is 121 Å². The zero-order valence-electron chi connectivity index (χ0n) is 12.1. The van der Waals surface area contributed by atoms with Gasteiger partial charge in [0.25, 0.3) is 0 Å². The molecule has 0 aliphatic carbocycles. The predicted octanol–water partition coefficient (Wildman–Crippen LogP) is 2.88. The summed E-state index contributed by atoms with van der Waals surface area (Å²) < 4.78 is 5.25. The van der Waals surface area contributed by atoms with Crippen molar-refractivity contribution in [1.29, 1.82) is 5.26 Å². The number of likely N-dealkylation sites (tertiary alicyclic amines) is 1. The Morgan fingerprint density at radius 2 is 2.00 bits per heavy atom. The number of nitrogens with one attached hydrogen (secondary N) is 1. The van der Waals surface area contributed by atoms with Crippen molar-refractivity contribution < 1.29 is 4.74 Å². The number of hydrogen-bond donors (Lipinski definition) is 1. The second kappa shape index (κ2) is 7.76. The van der Waals surface area contributed by atoms with E-state index in [1.165, 1.54) is 38.9 Å². The lowest BCUT2D eigenvalue weighted by atomic mass is 10.0. The van der Waals surface area contributed by atoms with E-state index in [2.05, 4.69) is 17.1 Å². The molecule has 0 radical (unpaired) electrons. The number of nitriles is 1. The number of anilines is 1. The summed E-state index contributed by atoms with van der Waals surface area (Å²) in [4.78, 5) is 2.54. The first-order chi connectivity index (χ1) is 9.81. The monoisotopic (exact) mass is 273 g/mol. The molecule has 1 N–H and O–H groups in total. The van der Waals surface area contributed by atoms with Crippen LogP contribution in [0, 0.1) is 11.3 Å². The fraction of sp³-hybridized carbons (Fsp3) is 0.562. The first kappa shape index (κ1) is 14.7. The van der Waals surface area contributed by atoms with E-state index < -0.39 is 0 Å². The summed E-state index contributed by atoms with van der Waals surface area (Å²) in [6.45, 7) is 5.93. The van der Waals surface area contributed by atoms with E-state index >= 15 is 0 Å². The molecule has 0 spiro atoms. The zero-order valence-corrected chi connectivity index (χ0v) is 12.1. The highest BCUT2D eigenvalue weighted by Gasteiger charge is 2.18. The fourth-order valence-electron chi connectivity index (χ4n) is 2.62. The van der Waals surface area contributed by atoms with Crippen LogP contribution in [-0.2, 0) is 0 Å². The van der Waals surface area contributed by atoms with E-state index in [4.69, 9.17) is 10.00 Å². The molecule has 1 aliphatic rings. The third-order valence-electron chi connectivity index (χ3n) is 3.66. The van der Waals surface area contributed by atoms with E-state index in [0.717, 1.165) is 11.4 Å². The van der Waals surface area contributed by atoms with E-state index in [-0.39, 0.29) is 6.61 Å². The van der Waals surface area contributed by atoms with Crippen molar-refractivity contribution in [1.82, 2.24) is 4.90 Å². The average Bonchev–Trinajstić information content (AvgIpc) is 2.49. The average molecular weight is 273 g/mol. The summed E-state index contributed by atoms with van der Waals surface area (Å²) in [6, 6.07) is 10.4. The van der Waals surface area contributed by atoms with Crippen LogP contribution in [0.2, 0.25) is 0 Å². The maximum atomic E-state index is 8.47. The maximum absolute atomic E-state index is 8.47. The van der Waals surface area contributed by atoms with Gasteiger partial charge in [-0.25, -0.2) is 0 Å². The smallest absolute Gasteiger partial charge is 0.174 e. The lowest BCUT2D eigenvalue weighted by Crippen LogP contribution is -2.39. The molecule has 0 bridgehead atoms. The standard InChI is InChI=1S/C16H23N3O/c1-2-10-19-11-7-15(8-12-19)18-14-3-5-16(6-4-14)20-13-9-17/h3-6,15,18H,2,7-8,10-13H2,1H3. The van der Waals surface area contributed by atoms with Crippen molar-refractivity contribution in [2.45, 2.75) is 32.2 Å². The maximum Gasteiger partial charge on any atom is 0.174 e. The number of nitrogens with zero attached hydrogens (tertiary/aromatic N) is 2. The van der Waals surface area contributed by atoms with Crippen molar-refractivity contribution in [2.24, 2.45) is 0 Å². The second-order valence-electron chi connectivity index (χ2n) is 5.23. The van der Waals surface area contributed by atoms with Gasteiger partial charge in [-0.2, -0.15) is 5.26 Å². The molecule has 4 nitrogen and oxygen atoms in total. The first-order valence-corrected chi connectivity index (χ1v) is 7.40. The summed E-state index contributed by atoms with van der Waals surface area (Å²) >= 11 is 0. The summed E-state index contributed by atoms with van der Waals surface area (Å²) in [6.07, 6.45) is 3.64. The molecular formula is C16H23N3O. The highest BCUT2D eigenvalue weighted by molar-refractivity contribution is 5.47. The Kier molecular flexibility index (Phi) is 5.69. The summed E-state index contributed by atoms with van der Waals surface area (Å²) in [7, 11) is 0. The van der Waals surface area contributed by atoms with Crippen molar-refractivity contribution in [3.8, 4) is 11.8 Å². The quantitative estimate of drug-likeness (QED) is 0.866. The van der Waals surface area contributed by atoms with Crippen molar-refractivity contribution in [3.05, 3.63) is 24.3 Å². The van der Waals surface area contributed by atoms with E-state index in [9.17, 15) is 0 Å². The largest absolute Gasteiger partial charge is 0.479 e. The van der Waals surface area contributed by atoms with Gasteiger partial charge in [-0.05, 0) is 50.1 Å². The fourth-order valence-corrected chi connectivity index (χ4v) is 2.62. The third kappa shape index (κ3) is 4.43. The Balaban J connectivity index is 1.78. The molecule has 1 heterocycles. The van der Waals surface area contributed by atoms with E-state index in [0.29, 0.717) is 6.04 Å². The van der Waals surface area contributed by atoms with Crippen LogP contribution in [0.1, 0.15) is 26.2 Å². The number of benzene rings is 1. The minimum absolute atomic E-state index is 0.0999. The van der Waals surface area contributed by atoms with Crippen LogP contribution in [0.15, 0.2) is 24.3 Å². The molecule has 2 rings (SSSR count). The summed E-state index contributed by atoms with van der Waals surface area (Å²) in [5, 5.41) is 12.0. The van der Waals surface area contributed by atoms with Gasteiger partial charge in [0.1, 0.15) is 11.8 Å². The lowest BCUT2D eigenvalue weighted by Gasteiger charge is -2.32. The number of piperidine rings is 1. The Bertz CT molecular complexity index is 430. The molecule has 1 aromatic rings. The molecule has 0 amide bonds. The molecule has 0 atom stereocenters. The molecule has 1 aromatic carbocycles. The van der Waals surface area contributed by atoms with Crippen LogP contribution >= 0.6 is 0 Å². The van der Waals surface area contributed by atoms with Gasteiger partial charge in [0.15, 0.2) is 6.61 Å². The van der Waals surface area contributed by atoms with Crippen molar-refractivity contribution in [2.75, 3.05) is 31.6 Å². The Morgan fingerprint density at radius 3 is 2.60 bits per heavy atom. The predicted molar refractivity (Wildman–Crippen MR) is 80.9 cm³/mol. The van der Waals surface area contributed by atoms with Crippen molar-refractivity contribution >= 4 is 5.69 Å². The molecule has 0 aromatic heterocycles. The number of hydrogen-bond acceptors (Lipinski definition) is 4. The van der Waals surface area contributed by atoms with Crippen molar-refractivity contribution in [3.63, 3.8) is 0 Å². The minimum Gasteiger partial charge on any atom is -0.479 e. The molecule has 4 heteroatoms. The topological polar surface area (TPSA) is 48.3 Å². The SMILES string of the molecule is CCCN1CCC(Nc2ccc(OCC#N)cc2)CC1. The molecule has 1 saturated heterocycles. The second-order valence-corrected chi connectivity index (χ2v) is 5.23. The highest BCUT2D eigenvalue weighted by Crippen LogP contribution is 2.19. The number of ether oxygens (including phenoxy) is 1. The number of rotatable bonds is 6. The zero-order chi connectivity index (χ0) is 14.2. The van der Waals surface area contributed by atoms with Gasteiger partial charge in [-0.3, -0.25) is 0 Å². The highest BCUT2D eigenvalue weighted by atomic mass is 16.5. The van der Waals surface area contributed by atoms with Crippen LogP contribution in [0.25, 0.3) is 0 Å². The molecular weight excluding hydrogens is 250 g/mol. The van der Waals surface area contributed by atoms with Crippen LogP contribution in [0.4, 0.5) is 5.69 Å². The van der Waals surface area contributed by atoms with E-state index in [1.807, 2.05) is 30.3 Å². The van der Waals surface area contributed by atoms with Gasteiger partial charge < -0.3 is 15.0 Å². The molecule has 1 aliphatic heterocycles. The minimum atomic E-state index is 0.0999. The molecule has 0 saturated carbocycles. The normalized spacial score (nSPS) is 16.6. The van der Waals surface area contributed by atoms with Gasteiger partial charge in [0.2, 0.25) is 0 Å². The van der Waals surface area contributed by atoms with Crippen LogP contribution in [0.3, 0.4) is 0 Å². The Morgan fingerprint density at radius 1 is 1.30 bits per heavy atom. The van der Waals surface area contributed by atoms with Crippen LogP contribution < -0.4 is 10.1 Å². The van der Waals surface area contributed by atoms with Gasteiger partial charge in [0, 0.05) is 24.8 Å². The summed E-state index contributed by atoms with van der Waals surface area (Å²) in [5.74, 6) is 0.745. The third-order valence-corrected chi connectivity index (χ3v) is 3.66. The van der Waals surface area contributed by atoms with Gasteiger partial charge in [-0.15, -0.1) is 0 Å². The lowest BCUT2D eigenvalue weighted by molar-refractivity contribution is 0.219. The van der Waals surface area contributed by atoms with Gasteiger partial charge in [0.05, 0.1) is 0 Å². The first-order valence-electron chi connectivity index (χ1n) is 7.40. The van der Waals surface area contributed by atoms with Gasteiger partial charge in [-0.1, -0.05) is 6.92 Å². The Hall–Kier alpha value is -1.73. The molecule has 1 fully saturated rings. The molecule has 108 valence electrons.